The molecule has 1 aromatic rings. The molecule has 4 atom stereocenters. The van der Waals surface area contributed by atoms with E-state index in [1.54, 1.807) is 6.07 Å². The lowest BCUT2D eigenvalue weighted by Crippen LogP contribution is -2.44. The minimum absolute atomic E-state index is 0.115. The Hall–Kier alpha value is -2.57. The minimum Gasteiger partial charge on any atom is -0.366 e. The van der Waals surface area contributed by atoms with Gasteiger partial charge in [0.1, 0.15) is 42.0 Å². The molecule has 6 nitrogen and oxygen atoms in total. The highest BCUT2D eigenvalue weighted by atomic mass is 19.2. The van der Waals surface area contributed by atoms with Crippen molar-refractivity contribution in [2.45, 2.75) is 37.5 Å². The lowest BCUT2D eigenvalue weighted by atomic mass is 10.0. The quantitative estimate of drug-likeness (QED) is 0.453. The fraction of sp³-hybridized carbons (Fsp3) is 0.588. The van der Waals surface area contributed by atoms with Gasteiger partial charge < -0.3 is 9.80 Å². The summed E-state index contributed by atoms with van der Waals surface area (Å²) in [6.07, 6.45) is -6.39. The number of hydrogen-bond donors (Lipinski definition) is 0. The number of halogens is 4. The molecule has 0 aromatic heterocycles. The lowest BCUT2D eigenvalue weighted by Gasteiger charge is -2.35. The number of alkyl halides is 4. The Balaban J connectivity index is 2.07. The van der Waals surface area contributed by atoms with Crippen LogP contribution < -0.4 is 9.80 Å². The molecule has 0 spiro atoms. The van der Waals surface area contributed by atoms with Gasteiger partial charge in [0, 0.05) is 44.7 Å². The standard InChI is InChI=1S/C17H18F4N4O2/c18-11-2-12(19)7-23(6-11)15-1-10(5-22)17(25(26)27)16(4-15)24-8-13(20)3-14(21)9-24/h1,4,11-14H,2-3,6-9H2/t11-,12+,13-,14+. The molecule has 0 N–H and O–H groups in total. The maximum Gasteiger partial charge on any atom is 0.310 e. The zero-order valence-corrected chi connectivity index (χ0v) is 14.3. The van der Waals surface area contributed by atoms with Gasteiger partial charge in [-0.1, -0.05) is 0 Å². The molecule has 0 radical (unpaired) electrons. The number of nitro groups is 1. The van der Waals surface area contributed by atoms with E-state index in [2.05, 4.69) is 0 Å². The molecule has 1 aromatic carbocycles. The van der Waals surface area contributed by atoms with Crippen molar-refractivity contribution in [2.75, 3.05) is 36.0 Å². The van der Waals surface area contributed by atoms with Crippen molar-refractivity contribution in [2.24, 2.45) is 0 Å². The summed E-state index contributed by atoms with van der Waals surface area (Å²) in [6, 6.07) is 4.19. The van der Waals surface area contributed by atoms with Crippen molar-refractivity contribution in [1.29, 1.82) is 5.26 Å². The Kier molecular flexibility index (Phi) is 5.39. The molecule has 2 aliphatic rings. The van der Waals surface area contributed by atoms with E-state index in [0.29, 0.717) is 0 Å². The molecule has 2 fully saturated rings. The summed E-state index contributed by atoms with van der Waals surface area (Å²) < 4.78 is 55.1. The predicted molar refractivity (Wildman–Crippen MR) is 91.1 cm³/mol. The van der Waals surface area contributed by atoms with Crippen LogP contribution in [0.2, 0.25) is 0 Å². The number of rotatable bonds is 3. The van der Waals surface area contributed by atoms with Crippen LogP contribution in [0.5, 0.6) is 0 Å². The van der Waals surface area contributed by atoms with Gasteiger partial charge in [0.25, 0.3) is 0 Å². The number of benzene rings is 1. The maximum absolute atomic E-state index is 13.8. The second kappa shape index (κ2) is 7.58. The summed E-state index contributed by atoms with van der Waals surface area (Å²) in [7, 11) is 0. The van der Waals surface area contributed by atoms with Gasteiger partial charge in [-0.05, 0) is 12.1 Å². The minimum atomic E-state index is -1.51. The molecule has 0 aliphatic carbocycles. The molecule has 3 rings (SSSR count). The Bertz CT molecular complexity index is 752. The van der Waals surface area contributed by atoms with Crippen molar-refractivity contribution in [3.05, 3.63) is 27.8 Å². The molecule has 0 amide bonds. The van der Waals surface area contributed by atoms with Crippen LogP contribution in [0.1, 0.15) is 18.4 Å². The average molecular weight is 386 g/mol. The van der Waals surface area contributed by atoms with E-state index in [0.717, 1.165) is 0 Å². The number of nitrogens with zero attached hydrogens (tertiary/aromatic N) is 4. The van der Waals surface area contributed by atoms with Gasteiger partial charge in [0.15, 0.2) is 0 Å². The van der Waals surface area contributed by atoms with Crippen molar-refractivity contribution < 1.29 is 22.5 Å². The summed E-state index contributed by atoms with van der Waals surface area (Å²) in [6.45, 7) is -0.764. The Labute approximate surface area is 153 Å². The van der Waals surface area contributed by atoms with Gasteiger partial charge in [0.2, 0.25) is 0 Å². The first-order chi connectivity index (χ1) is 12.8. The summed E-state index contributed by atoms with van der Waals surface area (Å²) >= 11 is 0. The topological polar surface area (TPSA) is 73.4 Å². The molecule has 10 heteroatoms. The number of piperidine rings is 2. The lowest BCUT2D eigenvalue weighted by molar-refractivity contribution is -0.384. The zero-order chi connectivity index (χ0) is 19.7. The highest BCUT2D eigenvalue weighted by molar-refractivity contribution is 5.76. The molecule has 27 heavy (non-hydrogen) atoms. The first-order valence-corrected chi connectivity index (χ1v) is 8.57. The fourth-order valence-electron chi connectivity index (χ4n) is 3.67. The van der Waals surface area contributed by atoms with Crippen LogP contribution in [0.25, 0.3) is 0 Å². The fourth-order valence-corrected chi connectivity index (χ4v) is 3.67. The van der Waals surface area contributed by atoms with Crippen LogP contribution in [-0.4, -0.2) is 55.8 Å². The number of hydrogen-bond acceptors (Lipinski definition) is 5. The molecular weight excluding hydrogens is 368 g/mol. The third kappa shape index (κ3) is 4.07. The molecule has 2 heterocycles. The highest BCUT2D eigenvalue weighted by Gasteiger charge is 2.34. The van der Waals surface area contributed by atoms with E-state index in [-0.39, 0.29) is 56.0 Å². The predicted octanol–water partition coefficient (Wildman–Crippen LogP) is 3.24. The van der Waals surface area contributed by atoms with Gasteiger partial charge in [0.05, 0.1) is 4.92 Å². The van der Waals surface area contributed by atoms with Gasteiger partial charge in [-0.2, -0.15) is 5.26 Å². The highest BCUT2D eigenvalue weighted by Crippen LogP contribution is 2.39. The SMILES string of the molecule is N#Cc1cc(N2C[C@H](F)C[C@H](F)C2)cc(N2C[C@H](F)C[C@H](F)C2)c1[N+](=O)[O-]. The second-order valence-corrected chi connectivity index (χ2v) is 6.90. The van der Waals surface area contributed by atoms with E-state index in [4.69, 9.17) is 0 Å². The summed E-state index contributed by atoms with van der Waals surface area (Å²) in [5, 5.41) is 20.8. The van der Waals surface area contributed by atoms with Gasteiger partial charge in [-0.15, -0.1) is 0 Å². The van der Waals surface area contributed by atoms with Crippen molar-refractivity contribution in [3.8, 4) is 6.07 Å². The van der Waals surface area contributed by atoms with Gasteiger partial charge in [-0.25, -0.2) is 17.6 Å². The second-order valence-electron chi connectivity index (χ2n) is 6.90. The van der Waals surface area contributed by atoms with Gasteiger partial charge >= 0.3 is 5.69 Å². The van der Waals surface area contributed by atoms with Crippen molar-refractivity contribution >= 4 is 17.1 Å². The van der Waals surface area contributed by atoms with Crippen molar-refractivity contribution in [3.63, 3.8) is 0 Å². The zero-order valence-electron chi connectivity index (χ0n) is 14.3. The average Bonchev–Trinajstić information content (AvgIpc) is 2.58. The van der Waals surface area contributed by atoms with E-state index >= 15 is 0 Å². The van der Waals surface area contributed by atoms with E-state index in [1.165, 1.54) is 21.9 Å². The molecule has 146 valence electrons. The Morgan fingerprint density at radius 3 is 1.89 bits per heavy atom. The summed E-state index contributed by atoms with van der Waals surface area (Å²) in [5.41, 5.74) is -0.780. The molecule has 0 saturated carbocycles. The number of nitro benzene ring substituents is 1. The van der Waals surface area contributed by atoms with E-state index in [9.17, 15) is 32.9 Å². The Morgan fingerprint density at radius 2 is 1.44 bits per heavy atom. The van der Waals surface area contributed by atoms with Crippen LogP contribution in [0.3, 0.4) is 0 Å². The number of nitriles is 1. The molecule has 0 unspecified atom stereocenters. The van der Waals surface area contributed by atoms with Crippen LogP contribution in [-0.2, 0) is 0 Å². The van der Waals surface area contributed by atoms with Crippen molar-refractivity contribution in [1.82, 2.24) is 0 Å². The molecule has 0 bridgehead atoms. The third-order valence-electron chi connectivity index (χ3n) is 4.78. The largest absolute Gasteiger partial charge is 0.366 e. The third-order valence-corrected chi connectivity index (χ3v) is 4.78. The van der Waals surface area contributed by atoms with E-state index in [1.807, 2.05) is 0 Å². The Morgan fingerprint density at radius 1 is 0.963 bits per heavy atom. The maximum atomic E-state index is 13.8. The normalized spacial score (nSPS) is 28.7. The first-order valence-electron chi connectivity index (χ1n) is 8.57. The van der Waals surface area contributed by atoms with Gasteiger partial charge in [-0.3, -0.25) is 10.1 Å². The van der Waals surface area contributed by atoms with Crippen LogP contribution in [0, 0.1) is 21.4 Å². The summed E-state index contributed by atoms with van der Waals surface area (Å²) in [5.74, 6) is 0. The smallest absolute Gasteiger partial charge is 0.310 e. The van der Waals surface area contributed by atoms with Crippen LogP contribution in [0.4, 0.5) is 34.6 Å². The monoisotopic (exact) mass is 386 g/mol. The molecule has 2 saturated heterocycles. The molecular formula is C17H18F4N4O2. The first kappa shape index (κ1) is 19.2. The molecule has 2 aliphatic heterocycles. The number of anilines is 2. The van der Waals surface area contributed by atoms with Crippen LogP contribution in [0.15, 0.2) is 12.1 Å². The summed E-state index contributed by atoms with van der Waals surface area (Å²) in [4.78, 5) is 13.3. The van der Waals surface area contributed by atoms with E-state index < -0.39 is 35.3 Å². The van der Waals surface area contributed by atoms with Crippen LogP contribution >= 0.6 is 0 Å².